The molecule has 100 valence electrons. The minimum atomic E-state index is 0.515. The number of benzene rings is 2. The summed E-state index contributed by atoms with van der Waals surface area (Å²) in [6.45, 7) is 0. The number of nitrogens with zero attached hydrogens (tertiary/aromatic N) is 5. The topological polar surface area (TPSA) is 67.4 Å². The van der Waals surface area contributed by atoms with Gasteiger partial charge >= 0.3 is 0 Å². The molecular formula is C16H11N5. The van der Waals surface area contributed by atoms with E-state index in [4.69, 9.17) is 5.26 Å². The van der Waals surface area contributed by atoms with Crippen LogP contribution in [0.25, 0.3) is 17.8 Å². The summed E-state index contributed by atoms with van der Waals surface area (Å²) in [5.41, 5.74) is 2.34. The fraction of sp³-hybridized carbons (Fsp3) is 0. The molecule has 0 saturated heterocycles. The first-order chi connectivity index (χ1) is 10.3. The van der Waals surface area contributed by atoms with E-state index in [1.807, 2.05) is 42.5 Å². The molecule has 1 heterocycles. The molecule has 0 aliphatic carbocycles. The van der Waals surface area contributed by atoms with Crippen LogP contribution in [0.1, 0.15) is 17.0 Å². The smallest absolute Gasteiger partial charge is 0.192 e. The van der Waals surface area contributed by atoms with Crippen molar-refractivity contribution in [3.63, 3.8) is 0 Å². The maximum atomic E-state index is 8.90. The van der Waals surface area contributed by atoms with Crippen molar-refractivity contribution >= 4 is 12.2 Å². The van der Waals surface area contributed by atoms with Gasteiger partial charge < -0.3 is 0 Å². The Labute approximate surface area is 121 Å². The van der Waals surface area contributed by atoms with Gasteiger partial charge in [0.25, 0.3) is 0 Å². The molecule has 0 N–H and O–H groups in total. The summed E-state index contributed by atoms with van der Waals surface area (Å²) < 4.78 is 0. The van der Waals surface area contributed by atoms with Crippen molar-refractivity contribution in [3.8, 4) is 11.8 Å². The maximum Gasteiger partial charge on any atom is 0.198 e. The SMILES string of the molecule is N#Cc1cccc(-n2nnc(C=Cc3ccccc3)n2)c1. The highest BCUT2D eigenvalue weighted by atomic mass is 15.6. The summed E-state index contributed by atoms with van der Waals surface area (Å²) in [5, 5.41) is 21.1. The lowest BCUT2D eigenvalue weighted by molar-refractivity contribution is 0.719. The molecule has 0 aliphatic heterocycles. The van der Waals surface area contributed by atoms with Crippen LogP contribution in [0.2, 0.25) is 0 Å². The Morgan fingerprint density at radius 3 is 2.67 bits per heavy atom. The van der Waals surface area contributed by atoms with Crippen LogP contribution in [-0.2, 0) is 0 Å². The van der Waals surface area contributed by atoms with Crippen molar-refractivity contribution in [1.82, 2.24) is 20.2 Å². The summed E-state index contributed by atoms with van der Waals surface area (Å²) >= 11 is 0. The molecule has 3 aromatic rings. The highest BCUT2D eigenvalue weighted by Crippen LogP contribution is 2.08. The second-order valence-corrected chi connectivity index (χ2v) is 4.34. The fourth-order valence-electron chi connectivity index (χ4n) is 1.84. The van der Waals surface area contributed by atoms with Gasteiger partial charge in [0, 0.05) is 0 Å². The Morgan fingerprint density at radius 2 is 1.86 bits per heavy atom. The normalized spacial score (nSPS) is 10.6. The molecule has 0 atom stereocenters. The van der Waals surface area contributed by atoms with Gasteiger partial charge in [-0.25, -0.2) is 0 Å². The molecule has 3 rings (SSSR count). The van der Waals surface area contributed by atoms with Crippen molar-refractivity contribution in [1.29, 1.82) is 5.26 Å². The molecule has 0 unspecified atom stereocenters. The summed E-state index contributed by atoms with van der Waals surface area (Å²) in [7, 11) is 0. The molecule has 1 aromatic heterocycles. The van der Waals surface area contributed by atoms with E-state index in [2.05, 4.69) is 21.5 Å². The lowest BCUT2D eigenvalue weighted by atomic mass is 10.2. The summed E-state index contributed by atoms with van der Waals surface area (Å²) in [5.74, 6) is 0.515. The fourth-order valence-corrected chi connectivity index (χ4v) is 1.84. The van der Waals surface area contributed by atoms with Gasteiger partial charge in [-0.15, -0.1) is 15.0 Å². The van der Waals surface area contributed by atoms with Gasteiger partial charge in [-0.3, -0.25) is 0 Å². The first-order valence-electron chi connectivity index (χ1n) is 6.39. The van der Waals surface area contributed by atoms with Crippen LogP contribution in [0.4, 0.5) is 0 Å². The molecular weight excluding hydrogens is 262 g/mol. The molecule has 0 aliphatic rings. The quantitative estimate of drug-likeness (QED) is 0.735. The average Bonchev–Trinajstić information content (AvgIpc) is 3.03. The maximum absolute atomic E-state index is 8.90. The van der Waals surface area contributed by atoms with Crippen LogP contribution in [0, 0.1) is 11.3 Å². The molecule has 5 heteroatoms. The Bertz CT molecular complexity index is 812. The predicted octanol–water partition coefficient (Wildman–Crippen LogP) is 2.70. The molecule has 0 spiro atoms. The number of aromatic nitrogens is 4. The van der Waals surface area contributed by atoms with E-state index in [9.17, 15) is 0 Å². The molecule has 2 aromatic carbocycles. The van der Waals surface area contributed by atoms with E-state index in [1.165, 1.54) is 4.80 Å². The van der Waals surface area contributed by atoms with E-state index >= 15 is 0 Å². The monoisotopic (exact) mass is 273 g/mol. The molecule has 5 nitrogen and oxygen atoms in total. The zero-order valence-corrected chi connectivity index (χ0v) is 11.1. The standard InChI is InChI=1S/C16H11N5/c17-12-14-7-4-8-15(11-14)21-19-16(18-20-21)10-9-13-5-2-1-3-6-13/h1-11H. The van der Waals surface area contributed by atoms with E-state index in [-0.39, 0.29) is 0 Å². The Morgan fingerprint density at radius 1 is 1.00 bits per heavy atom. The van der Waals surface area contributed by atoms with Crippen molar-refractivity contribution < 1.29 is 0 Å². The first kappa shape index (κ1) is 12.8. The van der Waals surface area contributed by atoms with E-state index < -0.39 is 0 Å². The summed E-state index contributed by atoms with van der Waals surface area (Å²) in [6.07, 6.45) is 3.72. The van der Waals surface area contributed by atoms with Gasteiger partial charge in [0.05, 0.1) is 17.3 Å². The minimum Gasteiger partial charge on any atom is -0.192 e. The van der Waals surface area contributed by atoms with Gasteiger partial charge in [0.1, 0.15) is 0 Å². The molecule has 21 heavy (non-hydrogen) atoms. The zero-order valence-electron chi connectivity index (χ0n) is 11.1. The van der Waals surface area contributed by atoms with Crippen molar-refractivity contribution in [2.75, 3.05) is 0 Å². The highest BCUT2D eigenvalue weighted by molar-refractivity contribution is 5.66. The number of hydrogen-bond donors (Lipinski definition) is 0. The molecule has 0 bridgehead atoms. The van der Waals surface area contributed by atoms with Gasteiger partial charge in [-0.2, -0.15) is 5.26 Å². The van der Waals surface area contributed by atoms with Gasteiger partial charge in [-0.1, -0.05) is 42.5 Å². The molecule has 0 amide bonds. The molecule has 0 saturated carbocycles. The van der Waals surface area contributed by atoms with Crippen molar-refractivity contribution in [2.45, 2.75) is 0 Å². The Balaban J connectivity index is 1.83. The number of rotatable bonds is 3. The third-order valence-electron chi connectivity index (χ3n) is 2.86. The minimum absolute atomic E-state index is 0.515. The van der Waals surface area contributed by atoms with E-state index in [0.717, 1.165) is 5.56 Å². The van der Waals surface area contributed by atoms with Crippen molar-refractivity contribution in [2.24, 2.45) is 0 Å². The Hall–Kier alpha value is -3.26. The summed E-state index contributed by atoms with van der Waals surface area (Å²) in [6, 6.07) is 19.0. The van der Waals surface area contributed by atoms with E-state index in [1.54, 1.807) is 24.3 Å². The molecule has 0 radical (unpaired) electrons. The van der Waals surface area contributed by atoms with E-state index in [0.29, 0.717) is 17.1 Å². The van der Waals surface area contributed by atoms with Crippen LogP contribution in [-0.4, -0.2) is 20.2 Å². The third kappa shape index (κ3) is 3.01. The van der Waals surface area contributed by atoms with Crippen LogP contribution in [0.5, 0.6) is 0 Å². The first-order valence-corrected chi connectivity index (χ1v) is 6.39. The van der Waals surface area contributed by atoms with Gasteiger partial charge in [-0.05, 0) is 35.1 Å². The zero-order chi connectivity index (χ0) is 14.5. The highest BCUT2D eigenvalue weighted by Gasteiger charge is 2.03. The Kier molecular flexibility index (Phi) is 3.52. The second-order valence-electron chi connectivity index (χ2n) is 4.34. The van der Waals surface area contributed by atoms with Gasteiger partial charge in [0.15, 0.2) is 5.82 Å². The molecule has 0 fully saturated rings. The average molecular weight is 273 g/mol. The largest absolute Gasteiger partial charge is 0.198 e. The predicted molar refractivity (Wildman–Crippen MR) is 79.2 cm³/mol. The second kappa shape index (κ2) is 5.80. The van der Waals surface area contributed by atoms with Crippen LogP contribution in [0.15, 0.2) is 54.6 Å². The number of tetrazole rings is 1. The van der Waals surface area contributed by atoms with Crippen LogP contribution < -0.4 is 0 Å². The third-order valence-corrected chi connectivity index (χ3v) is 2.86. The number of hydrogen-bond acceptors (Lipinski definition) is 4. The van der Waals surface area contributed by atoms with Crippen LogP contribution in [0.3, 0.4) is 0 Å². The number of nitriles is 1. The lowest BCUT2D eigenvalue weighted by Crippen LogP contribution is -1.99. The summed E-state index contributed by atoms with van der Waals surface area (Å²) in [4.78, 5) is 1.41. The van der Waals surface area contributed by atoms with Crippen LogP contribution >= 0.6 is 0 Å². The van der Waals surface area contributed by atoms with Gasteiger partial charge in [0.2, 0.25) is 0 Å². The lowest BCUT2D eigenvalue weighted by Gasteiger charge is -1.97. The van der Waals surface area contributed by atoms with Crippen molar-refractivity contribution in [3.05, 3.63) is 71.5 Å².